The number of quaternary nitrogens is 1. The first-order chi connectivity index (χ1) is 26.5. The SMILES string of the molecule is CCCCC/C=C/C/C=C/C/C=C/C/C=C/CCCC(=O)O[C@H](COC(=O)CCCCCCC/C=C/CCCCCCC)COP(=O)([O-])OCC[N+](C)(C)C. The lowest BCUT2D eigenvalue weighted by atomic mass is 10.1. The summed E-state index contributed by atoms with van der Waals surface area (Å²) < 4.78 is 33.8. The van der Waals surface area contributed by atoms with Gasteiger partial charge in [0.15, 0.2) is 6.10 Å². The molecule has 9 nitrogen and oxygen atoms in total. The van der Waals surface area contributed by atoms with Gasteiger partial charge in [0.1, 0.15) is 19.8 Å². The molecule has 55 heavy (non-hydrogen) atoms. The number of rotatable bonds is 38. The van der Waals surface area contributed by atoms with E-state index in [0.717, 1.165) is 51.4 Å². The Bertz CT molecular complexity index is 1120. The number of esters is 2. The third kappa shape index (κ3) is 41.2. The molecule has 10 heteroatoms. The van der Waals surface area contributed by atoms with Crippen molar-refractivity contribution in [3.8, 4) is 0 Å². The molecule has 0 aromatic heterocycles. The molecule has 0 amide bonds. The fraction of sp³-hybridized carbons (Fsp3) is 0.733. The monoisotopic (exact) mass is 794 g/mol. The van der Waals surface area contributed by atoms with E-state index in [-0.39, 0.29) is 26.1 Å². The lowest BCUT2D eigenvalue weighted by Crippen LogP contribution is -2.37. The molecule has 0 aliphatic carbocycles. The maximum Gasteiger partial charge on any atom is 0.306 e. The summed E-state index contributed by atoms with van der Waals surface area (Å²) in [6.07, 6.45) is 43.9. The molecule has 0 aromatic rings. The summed E-state index contributed by atoms with van der Waals surface area (Å²) in [5.41, 5.74) is 0. The number of allylic oxidation sites excluding steroid dienone is 10. The minimum Gasteiger partial charge on any atom is -0.756 e. The second-order valence-corrected chi connectivity index (χ2v) is 16.8. The Morgan fingerprint density at radius 1 is 0.564 bits per heavy atom. The zero-order valence-electron chi connectivity index (χ0n) is 35.6. The Morgan fingerprint density at radius 2 is 1.00 bits per heavy atom. The number of likely N-dealkylation sites (N-methyl/N-ethyl adjacent to an activating group) is 1. The van der Waals surface area contributed by atoms with Gasteiger partial charge in [0, 0.05) is 12.8 Å². The van der Waals surface area contributed by atoms with Crippen LogP contribution in [-0.2, 0) is 32.7 Å². The van der Waals surface area contributed by atoms with E-state index in [1.165, 1.54) is 64.2 Å². The van der Waals surface area contributed by atoms with E-state index in [0.29, 0.717) is 30.3 Å². The maximum absolute atomic E-state index is 12.6. The minimum atomic E-state index is -4.64. The fourth-order valence-electron chi connectivity index (χ4n) is 5.35. The molecule has 0 rings (SSSR count). The van der Waals surface area contributed by atoms with E-state index < -0.39 is 32.5 Å². The molecule has 0 fully saturated rings. The molecule has 0 aromatic carbocycles. The van der Waals surface area contributed by atoms with Crippen molar-refractivity contribution in [3.63, 3.8) is 0 Å². The van der Waals surface area contributed by atoms with E-state index in [9.17, 15) is 19.0 Å². The van der Waals surface area contributed by atoms with Crippen LogP contribution in [0.3, 0.4) is 0 Å². The van der Waals surface area contributed by atoms with Gasteiger partial charge in [-0.15, -0.1) is 0 Å². The number of carbonyl (C=O) groups excluding carboxylic acids is 2. The summed E-state index contributed by atoms with van der Waals surface area (Å²) >= 11 is 0. The smallest absolute Gasteiger partial charge is 0.306 e. The average molecular weight is 794 g/mol. The summed E-state index contributed by atoms with van der Waals surface area (Å²) in [5, 5.41) is 0. The maximum atomic E-state index is 12.6. The van der Waals surface area contributed by atoms with Crippen molar-refractivity contribution in [3.05, 3.63) is 60.8 Å². The second kappa shape index (κ2) is 37.3. The number of hydrogen-bond donors (Lipinski definition) is 0. The van der Waals surface area contributed by atoms with Crippen LogP contribution < -0.4 is 4.89 Å². The Labute approximate surface area is 336 Å². The summed E-state index contributed by atoms with van der Waals surface area (Å²) in [6.45, 7) is 4.10. The largest absolute Gasteiger partial charge is 0.756 e. The van der Waals surface area contributed by atoms with E-state index in [2.05, 4.69) is 68.5 Å². The number of ether oxygens (including phenoxy) is 2. The highest BCUT2D eigenvalue weighted by atomic mass is 31.2. The highest BCUT2D eigenvalue weighted by Gasteiger charge is 2.21. The van der Waals surface area contributed by atoms with Gasteiger partial charge in [0.05, 0.1) is 27.7 Å². The van der Waals surface area contributed by atoms with Gasteiger partial charge >= 0.3 is 11.9 Å². The normalized spacial score (nSPS) is 14.2. The molecular weight excluding hydrogens is 713 g/mol. The van der Waals surface area contributed by atoms with Gasteiger partial charge in [0.2, 0.25) is 0 Å². The predicted molar refractivity (Wildman–Crippen MR) is 226 cm³/mol. The van der Waals surface area contributed by atoms with Crippen LogP contribution in [0.25, 0.3) is 0 Å². The van der Waals surface area contributed by atoms with Crippen LogP contribution in [0.15, 0.2) is 60.8 Å². The van der Waals surface area contributed by atoms with Gasteiger partial charge < -0.3 is 27.9 Å². The van der Waals surface area contributed by atoms with Crippen molar-refractivity contribution in [2.75, 3.05) is 47.5 Å². The minimum absolute atomic E-state index is 0.0445. The van der Waals surface area contributed by atoms with Crippen LogP contribution >= 0.6 is 7.82 Å². The number of nitrogens with zero attached hydrogens (tertiary/aromatic N) is 1. The van der Waals surface area contributed by atoms with Gasteiger partial charge in [-0.05, 0) is 77.0 Å². The number of phosphoric acid groups is 1. The molecule has 0 aliphatic rings. The Hall–Kier alpha value is -2.29. The first-order valence-corrected chi connectivity index (χ1v) is 23.0. The van der Waals surface area contributed by atoms with Gasteiger partial charge in [-0.1, -0.05) is 132 Å². The van der Waals surface area contributed by atoms with Crippen LogP contribution in [-0.4, -0.2) is 70.0 Å². The molecule has 0 N–H and O–H groups in total. The lowest BCUT2D eigenvalue weighted by molar-refractivity contribution is -0.870. The van der Waals surface area contributed by atoms with Crippen LogP contribution in [0.1, 0.15) is 162 Å². The van der Waals surface area contributed by atoms with Gasteiger partial charge in [0.25, 0.3) is 7.82 Å². The van der Waals surface area contributed by atoms with Crippen LogP contribution in [0, 0.1) is 0 Å². The Kier molecular flexibility index (Phi) is 35.7. The molecule has 0 bridgehead atoms. The van der Waals surface area contributed by atoms with Crippen LogP contribution in [0.5, 0.6) is 0 Å². The average Bonchev–Trinajstić information content (AvgIpc) is 3.13. The standard InChI is InChI=1S/C45H80NO8P/c1-6-8-10-12-14-16-18-20-22-23-24-26-28-30-32-34-36-38-45(48)54-43(42-53-55(49,50)52-40-39-46(3,4)5)41-51-44(47)37-35-33-31-29-27-25-21-19-17-15-13-11-9-7-2/h14,16,19-22,24,26,30,32,43H,6-13,15,17-18,23,25,27-29,31,33-42H2,1-5H3/b16-14+,21-19+,22-20+,26-24+,32-30+/t43-/m1/s1. The molecule has 0 saturated carbocycles. The molecule has 0 radical (unpaired) electrons. The molecular formula is C45H80NO8P. The van der Waals surface area contributed by atoms with Crippen molar-refractivity contribution in [1.29, 1.82) is 0 Å². The number of hydrogen-bond acceptors (Lipinski definition) is 8. The third-order valence-electron chi connectivity index (χ3n) is 8.76. The fourth-order valence-corrected chi connectivity index (χ4v) is 6.07. The van der Waals surface area contributed by atoms with Crippen molar-refractivity contribution in [2.24, 2.45) is 0 Å². The predicted octanol–water partition coefficient (Wildman–Crippen LogP) is 11.4. The Morgan fingerprint density at radius 3 is 1.56 bits per heavy atom. The summed E-state index contributed by atoms with van der Waals surface area (Å²) in [7, 11) is 1.12. The first-order valence-electron chi connectivity index (χ1n) is 21.5. The molecule has 0 spiro atoms. The topological polar surface area (TPSA) is 111 Å². The lowest BCUT2D eigenvalue weighted by Gasteiger charge is -2.28. The van der Waals surface area contributed by atoms with E-state index in [1.807, 2.05) is 27.2 Å². The van der Waals surface area contributed by atoms with Crippen LogP contribution in [0.4, 0.5) is 0 Å². The summed E-state index contributed by atoms with van der Waals surface area (Å²) in [5.74, 6) is -0.915. The molecule has 0 heterocycles. The van der Waals surface area contributed by atoms with Gasteiger partial charge in [-0.2, -0.15) is 0 Å². The second-order valence-electron chi connectivity index (χ2n) is 15.3. The zero-order chi connectivity index (χ0) is 40.7. The number of carbonyl (C=O) groups is 2. The molecule has 0 aliphatic heterocycles. The quantitative estimate of drug-likeness (QED) is 0.0200. The van der Waals surface area contributed by atoms with Gasteiger partial charge in [-0.25, -0.2) is 0 Å². The first kappa shape index (κ1) is 52.7. The zero-order valence-corrected chi connectivity index (χ0v) is 36.5. The highest BCUT2D eigenvalue weighted by Crippen LogP contribution is 2.38. The molecule has 2 atom stereocenters. The van der Waals surface area contributed by atoms with E-state index >= 15 is 0 Å². The molecule has 1 unspecified atom stereocenters. The molecule has 318 valence electrons. The molecule has 0 saturated heterocycles. The Balaban J connectivity index is 4.51. The third-order valence-corrected chi connectivity index (χ3v) is 9.72. The van der Waals surface area contributed by atoms with Crippen molar-refractivity contribution < 1.29 is 42.1 Å². The van der Waals surface area contributed by atoms with Crippen molar-refractivity contribution >= 4 is 19.8 Å². The van der Waals surface area contributed by atoms with Crippen molar-refractivity contribution in [1.82, 2.24) is 0 Å². The van der Waals surface area contributed by atoms with E-state index in [1.54, 1.807) is 0 Å². The van der Waals surface area contributed by atoms with E-state index in [4.69, 9.17) is 18.5 Å². The summed E-state index contributed by atoms with van der Waals surface area (Å²) in [4.78, 5) is 37.5. The van der Waals surface area contributed by atoms with Crippen LogP contribution in [0.2, 0.25) is 0 Å². The number of unbranched alkanes of at least 4 members (excludes halogenated alkanes) is 14. The summed E-state index contributed by atoms with van der Waals surface area (Å²) in [6, 6.07) is 0. The highest BCUT2D eigenvalue weighted by molar-refractivity contribution is 7.45. The number of phosphoric ester groups is 1. The van der Waals surface area contributed by atoms with Gasteiger partial charge in [-0.3, -0.25) is 14.2 Å². The van der Waals surface area contributed by atoms with Crippen molar-refractivity contribution in [2.45, 2.75) is 168 Å².